The Morgan fingerprint density at radius 2 is 1.79 bits per heavy atom. The Labute approximate surface area is 164 Å². The third-order valence-corrected chi connectivity index (χ3v) is 5.70. The highest BCUT2D eigenvalue weighted by Gasteiger charge is 2.22. The number of aromatic amines is 1. The largest absolute Gasteiger partial charge is 0.465 e. The van der Waals surface area contributed by atoms with Crippen LogP contribution in [0.1, 0.15) is 20.8 Å². The van der Waals surface area contributed by atoms with Crippen molar-refractivity contribution in [2.45, 2.75) is 4.90 Å². The SMILES string of the molecule is COC(=O)c1ccc(Cl)c(S(=O)(=O)Nc2ccc3[nH]nc(C(=O)OC)c3c2)c1. The van der Waals surface area contributed by atoms with E-state index in [-0.39, 0.29) is 26.9 Å². The van der Waals surface area contributed by atoms with Crippen LogP contribution in [0.25, 0.3) is 10.9 Å². The van der Waals surface area contributed by atoms with Crippen LogP contribution in [-0.2, 0) is 19.5 Å². The topological polar surface area (TPSA) is 127 Å². The average Bonchev–Trinajstić information content (AvgIpc) is 3.09. The molecule has 3 rings (SSSR count). The molecule has 1 heterocycles. The standard InChI is InChI=1S/C17H14ClN3O6S/c1-26-16(22)9-3-5-12(18)14(7-9)28(24,25)21-10-4-6-13-11(8-10)15(20-19-13)17(23)27-2/h3-8,21H,1-2H3,(H,19,20). The van der Waals surface area contributed by atoms with E-state index in [2.05, 4.69) is 24.4 Å². The highest BCUT2D eigenvalue weighted by atomic mass is 35.5. The molecule has 28 heavy (non-hydrogen) atoms. The van der Waals surface area contributed by atoms with Crippen LogP contribution in [0.2, 0.25) is 5.02 Å². The molecular formula is C17H14ClN3O6S. The van der Waals surface area contributed by atoms with Gasteiger partial charge >= 0.3 is 11.9 Å². The van der Waals surface area contributed by atoms with Gasteiger partial charge in [-0.1, -0.05) is 11.6 Å². The molecule has 0 aliphatic carbocycles. The Morgan fingerprint density at radius 3 is 2.46 bits per heavy atom. The summed E-state index contributed by atoms with van der Waals surface area (Å²) in [6, 6.07) is 8.23. The second-order valence-corrected chi connectivity index (χ2v) is 7.62. The molecule has 1 aromatic heterocycles. The number of hydrogen-bond donors (Lipinski definition) is 2. The zero-order chi connectivity index (χ0) is 20.5. The number of nitrogens with one attached hydrogen (secondary N) is 2. The first-order chi connectivity index (χ1) is 13.3. The molecule has 0 bridgehead atoms. The van der Waals surface area contributed by atoms with E-state index in [0.29, 0.717) is 10.9 Å². The average molecular weight is 424 g/mol. The van der Waals surface area contributed by atoms with Crippen molar-refractivity contribution in [3.63, 3.8) is 0 Å². The number of H-pyrrole nitrogens is 1. The first kappa shape index (κ1) is 19.6. The van der Waals surface area contributed by atoms with Gasteiger partial charge in [0, 0.05) is 11.1 Å². The molecule has 2 aromatic carbocycles. The number of carbonyl (C=O) groups excluding carboxylic acids is 2. The quantitative estimate of drug-likeness (QED) is 0.603. The van der Waals surface area contributed by atoms with E-state index in [0.717, 1.165) is 6.07 Å². The van der Waals surface area contributed by atoms with Gasteiger partial charge < -0.3 is 9.47 Å². The summed E-state index contributed by atoms with van der Waals surface area (Å²) in [4.78, 5) is 23.2. The molecule has 9 nitrogen and oxygen atoms in total. The van der Waals surface area contributed by atoms with Crippen molar-refractivity contribution in [1.29, 1.82) is 0 Å². The molecule has 0 unspecified atom stereocenters. The number of nitrogens with zero attached hydrogens (tertiary/aromatic N) is 1. The van der Waals surface area contributed by atoms with E-state index in [1.807, 2.05) is 0 Å². The number of hydrogen-bond acceptors (Lipinski definition) is 7. The molecule has 0 amide bonds. The maximum Gasteiger partial charge on any atom is 0.359 e. The molecule has 0 spiro atoms. The van der Waals surface area contributed by atoms with E-state index >= 15 is 0 Å². The molecule has 0 saturated heterocycles. The van der Waals surface area contributed by atoms with E-state index in [1.54, 1.807) is 6.07 Å². The fourth-order valence-corrected chi connectivity index (χ4v) is 4.07. The van der Waals surface area contributed by atoms with Crippen molar-refractivity contribution in [1.82, 2.24) is 10.2 Å². The molecule has 3 aromatic rings. The van der Waals surface area contributed by atoms with Crippen LogP contribution < -0.4 is 4.72 Å². The zero-order valence-electron chi connectivity index (χ0n) is 14.6. The van der Waals surface area contributed by atoms with Gasteiger partial charge in [-0.05, 0) is 36.4 Å². The molecular weight excluding hydrogens is 410 g/mol. The van der Waals surface area contributed by atoms with Gasteiger partial charge in [-0.25, -0.2) is 18.0 Å². The minimum atomic E-state index is -4.14. The van der Waals surface area contributed by atoms with Crippen LogP contribution in [-0.4, -0.2) is 44.8 Å². The Morgan fingerprint density at radius 1 is 1.07 bits per heavy atom. The number of fused-ring (bicyclic) bond motifs is 1. The lowest BCUT2D eigenvalue weighted by atomic mass is 10.2. The third kappa shape index (κ3) is 3.64. The minimum absolute atomic E-state index is 0.0178. The predicted molar refractivity (Wildman–Crippen MR) is 101 cm³/mol. The molecule has 2 N–H and O–H groups in total. The van der Waals surface area contributed by atoms with Gasteiger partial charge in [-0.15, -0.1) is 0 Å². The summed E-state index contributed by atoms with van der Waals surface area (Å²) in [7, 11) is -1.74. The second-order valence-electron chi connectivity index (χ2n) is 5.57. The number of halogens is 1. The number of aromatic nitrogens is 2. The molecule has 11 heteroatoms. The van der Waals surface area contributed by atoms with E-state index in [1.165, 1.54) is 38.5 Å². The van der Waals surface area contributed by atoms with Crippen LogP contribution in [0, 0.1) is 0 Å². The van der Waals surface area contributed by atoms with Crippen molar-refractivity contribution in [3.05, 3.63) is 52.7 Å². The Bertz CT molecular complexity index is 1190. The molecule has 146 valence electrons. The first-order valence-electron chi connectivity index (χ1n) is 7.74. The zero-order valence-corrected chi connectivity index (χ0v) is 16.2. The van der Waals surface area contributed by atoms with Crippen molar-refractivity contribution < 1.29 is 27.5 Å². The fraction of sp³-hybridized carbons (Fsp3) is 0.118. The van der Waals surface area contributed by atoms with Gasteiger partial charge in [-0.3, -0.25) is 9.82 Å². The second kappa shape index (κ2) is 7.49. The number of sulfonamides is 1. The normalized spacial score (nSPS) is 11.2. The smallest absolute Gasteiger partial charge is 0.359 e. The van der Waals surface area contributed by atoms with Crippen molar-refractivity contribution >= 4 is 50.2 Å². The lowest BCUT2D eigenvalue weighted by molar-refractivity contribution is 0.0589. The van der Waals surface area contributed by atoms with Gasteiger partial charge in [0.25, 0.3) is 10.0 Å². The summed E-state index contributed by atoms with van der Waals surface area (Å²) in [5.74, 6) is -1.37. The van der Waals surface area contributed by atoms with Crippen LogP contribution >= 0.6 is 11.6 Å². The van der Waals surface area contributed by atoms with Gasteiger partial charge in [0.15, 0.2) is 5.69 Å². The predicted octanol–water partition coefficient (Wildman–Crippen LogP) is 2.59. The lowest BCUT2D eigenvalue weighted by Gasteiger charge is -2.11. The van der Waals surface area contributed by atoms with Crippen LogP contribution in [0.4, 0.5) is 5.69 Å². The number of ether oxygens (including phenoxy) is 2. The molecule has 0 aliphatic rings. The number of carbonyl (C=O) groups is 2. The minimum Gasteiger partial charge on any atom is -0.465 e. The van der Waals surface area contributed by atoms with Crippen molar-refractivity contribution in [3.8, 4) is 0 Å². The maximum atomic E-state index is 12.8. The Kier molecular flexibility index (Phi) is 5.25. The summed E-state index contributed by atoms with van der Waals surface area (Å²) in [5, 5.41) is 6.83. The maximum absolute atomic E-state index is 12.8. The molecule has 0 aliphatic heterocycles. The summed E-state index contributed by atoms with van der Waals surface area (Å²) in [6.07, 6.45) is 0. The molecule has 0 saturated carbocycles. The Hall–Kier alpha value is -3.11. The van der Waals surface area contributed by atoms with Crippen molar-refractivity contribution in [2.75, 3.05) is 18.9 Å². The van der Waals surface area contributed by atoms with Crippen molar-refractivity contribution in [2.24, 2.45) is 0 Å². The number of methoxy groups -OCH3 is 2. The van der Waals surface area contributed by atoms with E-state index in [4.69, 9.17) is 11.6 Å². The number of anilines is 1. The Balaban J connectivity index is 2.01. The van der Waals surface area contributed by atoms with Gasteiger partial charge in [0.05, 0.1) is 30.3 Å². The highest BCUT2D eigenvalue weighted by molar-refractivity contribution is 7.92. The van der Waals surface area contributed by atoms with Crippen LogP contribution in [0.3, 0.4) is 0 Å². The first-order valence-corrected chi connectivity index (χ1v) is 9.60. The summed E-state index contributed by atoms with van der Waals surface area (Å²) < 4.78 is 37.2. The van der Waals surface area contributed by atoms with Crippen LogP contribution in [0.15, 0.2) is 41.3 Å². The highest BCUT2D eigenvalue weighted by Crippen LogP contribution is 2.27. The van der Waals surface area contributed by atoms with E-state index in [9.17, 15) is 18.0 Å². The molecule has 0 atom stereocenters. The monoisotopic (exact) mass is 423 g/mol. The van der Waals surface area contributed by atoms with Crippen LogP contribution in [0.5, 0.6) is 0 Å². The van der Waals surface area contributed by atoms with Gasteiger partial charge in [-0.2, -0.15) is 5.10 Å². The number of rotatable bonds is 5. The molecule has 0 fully saturated rings. The van der Waals surface area contributed by atoms with E-state index < -0.39 is 22.0 Å². The number of benzene rings is 2. The van der Waals surface area contributed by atoms with Gasteiger partial charge in [0.2, 0.25) is 0 Å². The lowest BCUT2D eigenvalue weighted by Crippen LogP contribution is -2.14. The summed E-state index contributed by atoms with van der Waals surface area (Å²) in [6.45, 7) is 0. The summed E-state index contributed by atoms with van der Waals surface area (Å²) in [5.41, 5.74) is 0.738. The molecule has 0 radical (unpaired) electrons. The fourth-order valence-electron chi connectivity index (χ4n) is 2.49. The third-order valence-electron chi connectivity index (χ3n) is 3.84. The van der Waals surface area contributed by atoms with Gasteiger partial charge in [0.1, 0.15) is 4.90 Å². The number of esters is 2. The summed E-state index contributed by atoms with van der Waals surface area (Å²) >= 11 is 6.01.